The number of benzene rings is 2. The molecule has 0 amide bonds. The van der Waals surface area contributed by atoms with E-state index in [0.717, 1.165) is 17.2 Å². The van der Waals surface area contributed by atoms with Gasteiger partial charge in [0.2, 0.25) is 0 Å². The van der Waals surface area contributed by atoms with E-state index in [1.165, 1.54) is 11.1 Å². The Bertz CT molecular complexity index is 539. The van der Waals surface area contributed by atoms with Crippen LogP contribution in [-0.2, 0) is 6.42 Å². The van der Waals surface area contributed by atoms with Crippen LogP contribution in [0.25, 0.3) is 0 Å². The molecule has 0 saturated heterocycles. The van der Waals surface area contributed by atoms with E-state index in [-0.39, 0.29) is 6.04 Å². The molecule has 0 saturated carbocycles. The van der Waals surface area contributed by atoms with E-state index < -0.39 is 0 Å². The second-order valence-electron chi connectivity index (χ2n) is 4.68. The molecule has 0 aromatic heterocycles. The van der Waals surface area contributed by atoms with Crippen LogP contribution >= 0.6 is 11.6 Å². The summed E-state index contributed by atoms with van der Waals surface area (Å²) in [5.41, 5.74) is 2.47. The number of nitrogens with one attached hydrogen (secondary N) is 1. The molecule has 106 valence electrons. The van der Waals surface area contributed by atoms with Crippen LogP contribution < -0.4 is 10.1 Å². The van der Waals surface area contributed by atoms with E-state index in [2.05, 4.69) is 23.5 Å². The fourth-order valence-electron chi connectivity index (χ4n) is 2.25. The maximum absolute atomic E-state index is 6.04. The molecule has 0 aliphatic rings. The van der Waals surface area contributed by atoms with Crippen molar-refractivity contribution in [3.8, 4) is 5.75 Å². The van der Waals surface area contributed by atoms with Gasteiger partial charge in [-0.1, -0.05) is 35.9 Å². The lowest BCUT2D eigenvalue weighted by molar-refractivity contribution is 0.340. The summed E-state index contributed by atoms with van der Waals surface area (Å²) in [7, 11) is 1.98. The van der Waals surface area contributed by atoms with Crippen LogP contribution in [0, 0.1) is 0 Å². The summed E-state index contributed by atoms with van der Waals surface area (Å²) >= 11 is 6.04. The highest BCUT2D eigenvalue weighted by Gasteiger charge is 2.10. The molecule has 0 bridgehead atoms. The quantitative estimate of drug-likeness (QED) is 0.859. The summed E-state index contributed by atoms with van der Waals surface area (Å²) < 4.78 is 5.47. The number of halogens is 1. The first-order valence-corrected chi connectivity index (χ1v) is 7.25. The molecule has 0 aliphatic carbocycles. The standard InChI is InChI=1S/C17H20ClNO/c1-3-20-16-9-7-14(8-10-16)17(19-2)12-13-5-4-6-15(18)11-13/h4-11,17,19H,3,12H2,1-2H3. The average Bonchev–Trinajstić information content (AvgIpc) is 2.46. The van der Waals surface area contributed by atoms with E-state index >= 15 is 0 Å². The van der Waals surface area contributed by atoms with Gasteiger partial charge in [-0.2, -0.15) is 0 Å². The number of likely N-dealkylation sites (N-methyl/N-ethyl adjacent to an activating group) is 1. The molecule has 0 spiro atoms. The van der Waals surface area contributed by atoms with Crippen LogP contribution in [0.15, 0.2) is 48.5 Å². The molecule has 0 heterocycles. The Morgan fingerprint density at radius 3 is 2.50 bits per heavy atom. The summed E-state index contributed by atoms with van der Waals surface area (Å²) in [6.45, 7) is 2.68. The van der Waals surface area contributed by atoms with Crippen LogP contribution in [0.3, 0.4) is 0 Å². The number of hydrogen-bond donors (Lipinski definition) is 1. The smallest absolute Gasteiger partial charge is 0.119 e. The number of hydrogen-bond acceptors (Lipinski definition) is 2. The summed E-state index contributed by atoms with van der Waals surface area (Å²) in [6, 6.07) is 16.5. The summed E-state index contributed by atoms with van der Waals surface area (Å²) in [6.07, 6.45) is 0.908. The van der Waals surface area contributed by atoms with Gasteiger partial charge in [-0.05, 0) is 55.8 Å². The topological polar surface area (TPSA) is 21.3 Å². The molecular weight excluding hydrogens is 270 g/mol. The Balaban J connectivity index is 2.11. The van der Waals surface area contributed by atoms with Crippen molar-refractivity contribution in [2.75, 3.05) is 13.7 Å². The normalized spacial score (nSPS) is 12.2. The third-order valence-electron chi connectivity index (χ3n) is 3.27. The van der Waals surface area contributed by atoms with Gasteiger partial charge in [0.05, 0.1) is 6.61 Å². The molecule has 2 nitrogen and oxygen atoms in total. The minimum Gasteiger partial charge on any atom is -0.494 e. The Kier molecular flexibility index (Phi) is 5.45. The van der Waals surface area contributed by atoms with Crippen molar-refractivity contribution in [2.24, 2.45) is 0 Å². The highest BCUT2D eigenvalue weighted by Crippen LogP contribution is 2.22. The lowest BCUT2D eigenvalue weighted by atomic mass is 9.99. The Hall–Kier alpha value is -1.51. The molecule has 20 heavy (non-hydrogen) atoms. The third kappa shape index (κ3) is 3.99. The highest BCUT2D eigenvalue weighted by atomic mass is 35.5. The Labute approximate surface area is 125 Å². The maximum atomic E-state index is 6.04. The van der Waals surface area contributed by atoms with Crippen molar-refractivity contribution in [3.05, 3.63) is 64.7 Å². The van der Waals surface area contributed by atoms with Gasteiger partial charge >= 0.3 is 0 Å². The van der Waals surface area contributed by atoms with Crippen LogP contribution in [0.2, 0.25) is 5.02 Å². The lowest BCUT2D eigenvalue weighted by Gasteiger charge is -2.17. The fourth-order valence-corrected chi connectivity index (χ4v) is 2.46. The molecule has 1 N–H and O–H groups in total. The zero-order chi connectivity index (χ0) is 14.4. The van der Waals surface area contributed by atoms with E-state index in [9.17, 15) is 0 Å². The van der Waals surface area contributed by atoms with Gasteiger partial charge in [0.15, 0.2) is 0 Å². The molecule has 0 radical (unpaired) electrons. The molecule has 2 aromatic carbocycles. The van der Waals surface area contributed by atoms with Crippen molar-refractivity contribution in [1.29, 1.82) is 0 Å². The first-order valence-electron chi connectivity index (χ1n) is 6.87. The summed E-state index contributed by atoms with van der Waals surface area (Å²) in [4.78, 5) is 0. The second kappa shape index (κ2) is 7.32. The van der Waals surface area contributed by atoms with E-state index in [1.54, 1.807) is 0 Å². The summed E-state index contributed by atoms with van der Waals surface area (Å²) in [5, 5.41) is 4.14. The molecule has 0 fully saturated rings. The monoisotopic (exact) mass is 289 g/mol. The van der Waals surface area contributed by atoms with E-state index in [0.29, 0.717) is 6.61 Å². The molecular formula is C17H20ClNO. The third-order valence-corrected chi connectivity index (χ3v) is 3.51. The van der Waals surface area contributed by atoms with Crippen molar-refractivity contribution < 1.29 is 4.74 Å². The predicted octanol–water partition coefficient (Wildman–Crippen LogP) is 4.24. The zero-order valence-corrected chi connectivity index (χ0v) is 12.7. The Morgan fingerprint density at radius 1 is 1.15 bits per heavy atom. The van der Waals surface area contributed by atoms with Crippen LogP contribution in [0.4, 0.5) is 0 Å². The minimum absolute atomic E-state index is 0.268. The van der Waals surface area contributed by atoms with Gasteiger partial charge in [-0.25, -0.2) is 0 Å². The minimum atomic E-state index is 0.268. The molecule has 2 rings (SSSR count). The van der Waals surface area contributed by atoms with Crippen LogP contribution in [0.1, 0.15) is 24.1 Å². The number of ether oxygens (including phenoxy) is 1. The first kappa shape index (κ1) is 14.9. The predicted molar refractivity (Wildman–Crippen MR) is 84.6 cm³/mol. The van der Waals surface area contributed by atoms with Gasteiger partial charge in [0.1, 0.15) is 5.75 Å². The molecule has 1 unspecified atom stereocenters. The summed E-state index contributed by atoms with van der Waals surface area (Å²) in [5.74, 6) is 0.911. The van der Waals surface area contributed by atoms with Crippen molar-refractivity contribution >= 4 is 11.6 Å². The largest absolute Gasteiger partial charge is 0.494 e. The van der Waals surface area contributed by atoms with Crippen molar-refractivity contribution in [3.63, 3.8) is 0 Å². The molecule has 1 atom stereocenters. The fraction of sp³-hybridized carbons (Fsp3) is 0.294. The van der Waals surface area contributed by atoms with Gasteiger partial charge in [-0.3, -0.25) is 0 Å². The second-order valence-corrected chi connectivity index (χ2v) is 5.11. The molecule has 3 heteroatoms. The lowest BCUT2D eigenvalue weighted by Crippen LogP contribution is -2.18. The van der Waals surface area contributed by atoms with Gasteiger partial charge < -0.3 is 10.1 Å². The maximum Gasteiger partial charge on any atom is 0.119 e. The highest BCUT2D eigenvalue weighted by molar-refractivity contribution is 6.30. The average molecular weight is 290 g/mol. The SMILES string of the molecule is CCOc1ccc(C(Cc2cccc(Cl)c2)NC)cc1. The van der Waals surface area contributed by atoms with Gasteiger partial charge in [0, 0.05) is 11.1 Å². The van der Waals surface area contributed by atoms with Gasteiger partial charge in [0.25, 0.3) is 0 Å². The molecule has 0 aliphatic heterocycles. The van der Waals surface area contributed by atoms with Crippen LogP contribution in [0.5, 0.6) is 5.75 Å². The van der Waals surface area contributed by atoms with Gasteiger partial charge in [-0.15, -0.1) is 0 Å². The van der Waals surface area contributed by atoms with E-state index in [4.69, 9.17) is 16.3 Å². The van der Waals surface area contributed by atoms with Crippen molar-refractivity contribution in [1.82, 2.24) is 5.32 Å². The van der Waals surface area contributed by atoms with Crippen LogP contribution in [-0.4, -0.2) is 13.7 Å². The van der Waals surface area contributed by atoms with E-state index in [1.807, 2.05) is 44.3 Å². The number of rotatable bonds is 6. The molecule has 2 aromatic rings. The Morgan fingerprint density at radius 2 is 1.90 bits per heavy atom. The zero-order valence-electron chi connectivity index (χ0n) is 11.9. The first-order chi connectivity index (χ1) is 9.72. The van der Waals surface area contributed by atoms with Crippen molar-refractivity contribution in [2.45, 2.75) is 19.4 Å².